The summed E-state index contributed by atoms with van der Waals surface area (Å²) in [6, 6.07) is 17.2. The topological polar surface area (TPSA) is 88.7 Å². The van der Waals surface area contributed by atoms with Gasteiger partial charge in [-0.3, -0.25) is 4.79 Å². The average molecular weight is 511 g/mol. The van der Waals surface area contributed by atoms with Crippen molar-refractivity contribution in [2.75, 3.05) is 6.79 Å². The normalized spacial score (nSPS) is 13.0. The van der Waals surface area contributed by atoms with Crippen LogP contribution in [0.5, 0.6) is 11.5 Å². The van der Waals surface area contributed by atoms with E-state index in [2.05, 4.69) is 4.98 Å². The molecule has 1 N–H and O–H groups in total. The number of ether oxygens (including phenoxy) is 2. The van der Waals surface area contributed by atoms with Crippen LogP contribution in [0.2, 0.25) is 5.02 Å². The molecule has 0 atom stereocenters. The molecule has 4 aromatic rings. The maximum absolute atomic E-state index is 13.7. The second-order valence-corrected chi connectivity index (χ2v) is 10.9. The van der Waals surface area contributed by atoms with Crippen LogP contribution < -0.4 is 15.0 Å². The maximum Gasteiger partial charge on any atom is 0.252 e. The minimum absolute atomic E-state index is 0.00853. The largest absolute Gasteiger partial charge is 0.454 e. The first kappa shape index (κ1) is 23.4. The number of pyridine rings is 1. The first-order valence-corrected chi connectivity index (χ1v) is 12.8. The van der Waals surface area contributed by atoms with Crippen LogP contribution >= 0.6 is 11.6 Å². The van der Waals surface area contributed by atoms with Crippen molar-refractivity contribution in [3.63, 3.8) is 0 Å². The Morgan fingerprint density at radius 2 is 1.69 bits per heavy atom. The number of nitrogens with one attached hydrogen (secondary N) is 1. The maximum atomic E-state index is 13.7. The molecule has 9 heteroatoms. The number of hydrogen-bond acceptors (Lipinski definition) is 5. The third-order valence-corrected chi connectivity index (χ3v) is 8.42. The van der Waals surface area contributed by atoms with Crippen molar-refractivity contribution in [1.82, 2.24) is 9.29 Å². The predicted molar refractivity (Wildman–Crippen MR) is 134 cm³/mol. The molecule has 0 radical (unpaired) electrons. The summed E-state index contributed by atoms with van der Waals surface area (Å²) in [7, 11) is -4.05. The van der Waals surface area contributed by atoms with Gasteiger partial charge in [0.05, 0.1) is 5.02 Å². The van der Waals surface area contributed by atoms with Gasteiger partial charge in [0.15, 0.2) is 11.5 Å². The van der Waals surface area contributed by atoms with Crippen LogP contribution in [0.3, 0.4) is 0 Å². The minimum atomic E-state index is -4.05. The summed E-state index contributed by atoms with van der Waals surface area (Å²) in [5, 5.41) is 0.947. The molecule has 3 aromatic carbocycles. The van der Waals surface area contributed by atoms with E-state index in [4.69, 9.17) is 21.1 Å². The molecule has 0 fully saturated rings. The van der Waals surface area contributed by atoms with E-state index in [1.165, 1.54) is 16.4 Å². The van der Waals surface area contributed by atoms with Crippen molar-refractivity contribution < 1.29 is 17.9 Å². The molecule has 0 amide bonds. The smallest absolute Gasteiger partial charge is 0.252 e. The van der Waals surface area contributed by atoms with E-state index in [1.54, 1.807) is 36.4 Å². The molecule has 5 rings (SSSR count). The number of sulfonamides is 1. The van der Waals surface area contributed by atoms with Crippen molar-refractivity contribution in [2.45, 2.75) is 31.8 Å². The quantitative estimate of drug-likeness (QED) is 0.398. The standard InChI is InChI=1S/C26H23ClN2O5S/c1-16-9-19-12-20(26(30)28-22(19)10-17(16)2)14-29(35(31,32)25-6-4-3-5-21(25)27)13-18-7-8-23-24(11-18)34-15-33-23/h3-12H,13-15H2,1-2H3,(H,28,30). The molecule has 0 aliphatic carbocycles. The Labute approximate surface area is 207 Å². The zero-order valence-electron chi connectivity index (χ0n) is 19.2. The van der Waals surface area contributed by atoms with Crippen LogP contribution in [0.4, 0.5) is 0 Å². The molecule has 1 aliphatic rings. The van der Waals surface area contributed by atoms with Gasteiger partial charge in [0.2, 0.25) is 16.8 Å². The lowest BCUT2D eigenvalue weighted by Crippen LogP contribution is -2.32. The summed E-state index contributed by atoms with van der Waals surface area (Å²) in [5.41, 5.74) is 3.53. The Morgan fingerprint density at radius 3 is 2.49 bits per heavy atom. The summed E-state index contributed by atoms with van der Waals surface area (Å²) >= 11 is 6.27. The number of fused-ring (bicyclic) bond motifs is 2. The van der Waals surface area contributed by atoms with Crippen molar-refractivity contribution in [3.05, 3.63) is 98.3 Å². The highest BCUT2D eigenvalue weighted by molar-refractivity contribution is 7.89. The number of nitrogens with zero attached hydrogens (tertiary/aromatic N) is 1. The minimum Gasteiger partial charge on any atom is -0.454 e. The van der Waals surface area contributed by atoms with E-state index in [9.17, 15) is 13.2 Å². The van der Waals surface area contributed by atoms with Gasteiger partial charge in [0, 0.05) is 24.2 Å². The molecule has 0 spiro atoms. The molecule has 1 aromatic heterocycles. The van der Waals surface area contributed by atoms with E-state index >= 15 is 0 Å². The lowest BCUT2D eigenvalue weighted by molar-refractivity contribution is 0.174. The summed E-state index contributed by atoms with van der Waals surface area (Å²) in [6.45, 7) is 3.96. The molecular weight excluding hydrogens is 488 g/mol. The van der Waals surface area contributed by atoms with Crippen LogP contribution in [0.25, 0.3) is 10.9 Å². The number of aromatic amines is 1. The summed E-state index contributed by atoms with van der Waals surface area (Å²) in [4.78, 5) is 15.8. The van der Waals surface area contributed by atoms with Crippen LogP contribution in [-0.2, 0) is 23.1 Å². The fourth-order valence-corrected chi connectivity index (χ4v) is 5.99. The molecule has 7 nitrogen and oxygen atoms in total. The number of H-pyrrole nitrogens is 1. The van der Waals surface area contributed by atoms with Gasteiger partial charge in [0.1, 0.15) is 4.90 Å². The molecular formula is C26H23ClN2O5S. The van der Waals surface area contributed by atoms with Gasteiger partial charge < -0.3 is 14.5 Å². The molecule has 1 aliphatic heterocycles. The van der Waals surface area contributed by atoms with E-state index in [1.807, 2.05) is 26.0 Å². The highest BCUT2D eigenvalue weighted by atomic mass is 35.5. The molecule has 0 unspecified atom stereocenters. The van der Waals surface area contributed by atoms with Gasteiger partial charge in [0.25, 0.3) is 5.56 Å². The highest BCUT2D eigenvalue weighted by Crippen LogP contribution is 2.34. The van der Waals surface area contributed by atoms with E-state index in [0.29, 0.717) is 28.1 Å². The summed E-state index contributed by atoms with van der Waals surface area (Å²) < 4.78 is 39.6. The second kappa shape index (κ2) is 9.03. The fourth-order valence-electron chi connectivity index (χ4n) is 4.09. The Morgan fingerprint density at radius 1 is 0.943 bits per heavy atom. The number of rotatable bonds is 6. The Hall–Kier alpha value is -3.33. The van der Waals surface area contributed by atoms with Crippen LogP contribution in [0, 0.1) is 13.8 Å². The lowest BCUT2D eigenvalue weighted by atomic mass is 10.0. The van der Waals surface area contributed by atoms with Gasteiger partial charge in [-0.05, 0) is 78.4 Å². The number of hydrogen-bond donors (Lipinski definition) is 1. The van der Waals surface area contributed by atoms with Gasteiger partial charge >= 0.3 is 0 Å². The van der Waals surface area contributed by atoms with Crippen molar-refractivity contribution in [1.29, 1.82) is 0 Å². The molecule has 0 saturated heterocycles. The molecule has 180 valence electrons. The first-order valence-electron chi connectivity index (χ1n) is 11.0. The van der Waals surface area contributed by atoms with Crippen LogP contribution in [-0.4, -0.2) is 24.5 Å². The van der Waals surface area contributed by atoms with E-state index in [-0.39, 0.29) is 35.4 Å². The fraction of sp³-hybridized carbons (Fsp3) is 0.192. The first-order chi connectivity index (χ1) is 16.7. The molecule has 2 heterocycles. The zero-order valence-corrected chi connectivity index (χ0v) is 20.7. The predicted octanol–water partition coefficient (Wildman–Crippen LogP) is 4.92. The van der Waals surface area contributed by atoms with Crippen molar-refractivity contribution >= 4 is 32.5 Å². The number of aromatic nitrogens is 1. The SMILES string of the molecule is Cc1cc2cc(CN(Cc3ccc4c(c3)OCO4)S(=O)(=O)c3ccccc3Cl)c(=O)[nH]c2cc1C. The zero-order chi connectivity index (χ0) is 24.7. The van der Waals surface area contributed by atoms with Gasteiger partial charge in [-0.2, -0.15) is 4.31 Å². The molecule has 0 bridgehead atoms. The molecule has 35 heavy (non-hydrogen) atoms. The number of benzene rings is 3. The number of aryl methyl sites for hydroxylation is 2. The highest BCUT2D eigenvalue weighted by Gasteiger charge is 2.28. The molecule has 0 saturated carbocycles. The summed E-state index contributed by atoms with van der Waals surface area (Å²) in [5.74, 6) is 1.15. The third kappa shape index (κ3) is 4.52. The van der Waals surface area contributed by atoms with E-state index in [0.717, 1.165) is 16.5 Å². The van der Waals surface area contributed by atoms with Gasteiger partial charge in [-0.1, -0.05) is 29.8 Å². The summed E-state index contributed by atoms with van der Waals surface area (Å²) in [6.07, 6.45) is 0. The van der Waals surface area contributed by atoms with Gasteiger partial charge in [-0.25, -0.2) is 8.42 Å². The number of halogens is 1. The average Bonchev–Trinajstić information content (AvgIpc) is 3.28. The van der Waals surface area contributed by atoms with Crippen LogP contribution in [0.1, 0.15) is 22.3 Å². The second-order valence-electron chi connectivity index (χ2n) is 8.54. The Kier molecular flexibility index (Phi) is 6.04. The van der Waals surface area contributed by atoms with Crippen molar-refractivity contribution in [2.24, 2.45) is 0 Å². The van der Waals surface area contributed by atoms with Crippen LogP contribution in [0.15, 0.2) is 70.4 Å². The van der Waals surface area contributed by atoms with Crippen molar-refractivity contribution in [3.8, 4) is 11.5 Å². The monoisotopic (exact) mass is 510 g/mol. The van der Waals surface area contributed by atoms with E-state index < -0.39 is 10.0 Å². The Bertz CT molecular complexity index is 1610. The van der Waals surface area contributed by atoms with Gasteiger partial charge in [-0.15, -0.1) is 0 Å². The lowest BCUT2D eigenvalue weighted by Gasteiger charge is -2.23. The third-order valence-electron chi connectivity index (χ3n) is 6.13. The Balaban J connectivity index is 1.58.